The molecule has 2 aromatic heterocycles. The summed E-state index contributed by atoms with van der Waals surface area (Å²) in [7, 11) is 1.76. The normalized spacial score (nSPS) is 12.7. The lowest BCUT2D eigenvalue weighted by Crippen LogP contribution is -2.38. The lowest BCUT2D eigenvalue weighted by molar-refractivity contribution is 0.487. The fourth-order valence-corrected chi connectivity index (χ4v) is 2.72. The third-order valence-corrected chi connectivity index (χ3v) is 4.04. The molecule has 2 N–H and O–H groups in total. The fraction of sp³-hybridized carbons (Fsp3) is 0.316. The first kappa shape index (κ1) is 19.4. The summed E-state index contributed by atoms with van der Waals surface area (Å²) in [5, 5.41) is 7.77. The molecule has 0 saturated carbocycles. The molecular weight excluding hydrogens is 429 g/mol. The molecule has 0 aliphatic heterocycles. The van der Waals surface area contributed by atoms with Gasteiger partial charge in [-0.3, -0.25) is 4.99 Å². The number of rotatable bonds is 4. The van der Waals surface area contributed by atoms with Gasteiger partial charge in [-0.25, -0.2) is 0 Å². The van der Waals surface area contributed by atoms with Crippen molar-refractivity contribution < 1.29 is 8.83 Å². The van der Waals surface area contributed by atoms with E-state index in [9.17, 15) is 0 Å². The van der Waals surface area contributed by atoms with Gasteiger partial charge in [-0.05, 0) is 39.0 Å². The van der Waals surface area contributed by atoms with Crippen LogP contribution >= 0.6 is 24.0 Å². The van der Waals surface area contributed by atoms with Crippen molar-refractivity contribution in [2.75, 3.05) is 7.05 Å². The van der Waals surface area contributed by atoms with Crippen molar-refractivity contribution in [3.63, 3.8) is 0 Å². The summed E-state index contributed by atoms with van der Waals surface area (Å²) >= 11 is 0. The Labute approximate surface area is 164 Å². The fourth-order valence-electron chi connectivity index (χ4n) is 2.72. The third kappa shape index (κ3) is 4.56. The van der Waals surface area contributed by atoms with Crippen molar-refractivity contribution in [3.8, 4) is 0 Å². The van der Waals surface area contributed by atoms with Crippen LogP contribution in [-0.4, -0.2) is 13.0 Å². The highest BCUT2D eigenvalue weighted by molar-refractivity contribution is 14.0. The van der Waals surface area contributed by atoms with Crippen LogP contribution in [0.5, 0.6) is 0 Å². The standard InChI is InChI=1S/C19H23N3O2.HI/c1-12-9-16(14(3)23-12)11-21-19(20-4)22-13(2)18-10-15-7-5-6-8-17(15)24-18;/h5-10,13H,11H2,1-4H3,(H2,20,21,22);1H. The van der Waals surface area contributed by atoms with Crippen molar-refractivity contribution >= 4 is 40.9 Å². The first-order chi connectivity index (χ1) is 11.6. The van der Waals surface area contributed by atoms with E-state index >= 15 is 0 Å². The molecule has 0 spiro atoms. The summed E-state index contributed by atoms with van der Waals surface area (Å²) in [6.45, 7) is 6.64. The highest BCUT2D eigenvalue weighted by Crippen LogP contribution is 2.23. The lowest BCUT2D eigenvalue weighted by atomic mass is 10.2. The average Bonchev–Trinajstić information content (AvgIpc) is 3.14. The van der Waals surface area contributed by atoms with Gasteiger partial charge in [0.2, 0.25) is 0 Å². The molecule has 3 aromatic rings. The molecule has 1 aromatic carbocycles. The molecule has 134 valence electrons. The van der Waals surface area contributed by atoms with E-state index in [0.29, 0.717) is 6.54 Å². The Hall–Kier alpha value is -1.96. The van der Waals surface area contributed by atoms with Gasteiger partial charge >= 0.3 is 0 Å². The van der Waals surface area contributed by atoms with Gasteiger partial charge in [0.05, 0.1) is 6.04 Å². The largest absolute Gasteiger partial charge is 0.466 e. The summed E-state index contributed by atoms with van der Waals surface area (Å²) in [6, 6.07) is 12.1. The van der Waals surface area contributed by atoms with Gasteiger partial charge in [0.1, 0.15) is 22.9 Å². The van der Waals surface area contributed by atoms with Crippen molar-refractivity contribution in [1.29, 1.82) is 0 Å². The Bertz CT molecular complexity index is 834. The average molecular weight is 453 g/mol. The van der Waals surface area contributed by atoms with Gasteiger partial charge in [0, 0.05) is 24.5 Å². The monoisotopic (exact) mass is 453 g/mol. The van der Waals surface area contributed by atoms with Crippen LogP contribution in [0.25, 0.3) is 11.0 Å². The van der Waals surface area contributed by atoms with Crippen LogP contribution in [0.2, 0.25) is 0 Å². The summed E-state index contributed by atoms with van der Waals surface area (Å²) in [5.41, 5.74) is 2.03. The number of hydrogen-bond donors (Lipinski definition) is 2. The summed E-state index contributed by atoms with van der Waals surface area (Å²) < 4.78 is 11.4. The number of guanidine groups is 1. The van der Waals surface area contributed by atoms with E-state index in [1.54, 1.807) is 7.05 Å². The predicted molar refractivity (Wildman–Crippen MR) is 112 cm³/mol. The number of nitrogens with zero attached hydrogens (tertiary/aromatic N) is 1. The molecule has 2 heterocycles. The molecule has 3 rings (SSSR count). The summed E-state index contributed by atoms with van der Waals surface area (Å²) in [6.07, 6.45) is 0. The molecule has 0 fully saturated rings. The lowest BCUT2D eigenvalue weighted by Gasteiger charge is -2.16. The zero-order valence-electron chi connectivity index (χ0n) is 14.9. The topological polar surface area (TPSA) is 62.7 Å². The maximum absolute atomic E-state index is 5.90. The molecule has 1 unspecified atom stereocenters. The van der Waals surface area contributed by atoms with E-state index in [-0.39, 0.29) is 30.0 Å². The van der Waals surface area contributed by atoms with Crippen LogP contribution in [0.1, 0.15) is 35.8 Å². The first-order valence-corrected chi connectivity index (χ1v) is 8.08. The summed E-state index contributed by atoms with van der Waals surface area (Å²) in [5.74, 6) is 3.46. The Kier molecular flexibility index (Phi) is 6.52. The van der Waals surface area contributed by atoms with Crippen LogP contribution < -0.4 is 10.6 Å². The molecule has 0 radical (unpaired) electrons. The highest BCUT2D eigenvalue weighted by Gasteiger charge is 2.13. The van der Waals surface area contributed by atoms with Gasteiger partial charge in [0.15, 0.2) is 5.96 Å². The van der Waals surface area contributed by atoms with E-state index in [4.69, 9.17) is 8.83 Å². The maximum Gasteiger partial charge on any atom is 0.191 e. The molecule has 5 nitrogen and oxygen atoms in total. The first-order valence-electron chi connectivity index (χ1n) is 8.08. The van der Waals surface area contributed by atoms with Gasteiger partial charge in [-0.15, -0.1) is 24.0 Å². The van der Waals surface area contributed by atoms with E-state index in [1.165, 1.54) is 0 Å². The predicted octanol–water partition coefficient (Wildman–Crippen LogP) is 4.69. The number of para-hydroxylation sites is 1. The summed E-state index contributed by atoms with van der Waals surface area (Å²) in [4.78, 5) is 4.28. The van der Waals surface area contributed by atoms with Crippen LogP contribution in [0.3, 0.4) is 0 Å². The van der Waals surface area contributed by atoms with Gasteiger partial charge in [-0.1, -0.05) is 18.2 Å². The number of nitrogens with one attached hydrogen (secondary N) is 2. The van der Waals surface area contributed by atoms with Gasteiger partial charge < -0.3 is 19.5 Å². The molecule has 0 amide bonds. The number of furan rings is 2. The number of hydrogen-bond acceptors (Lipinski definition) is 3. The van der Waals surface area contributed by atoms with Crippen LogP contribution in [0.15, 0.2) is 50.2 Å². The SMILES string of the molecule is CN=C(NCc1cc(C)oc1C)NC(C)c1cc2ccccc2o1.I. The molecule has 0 aliphatic carbocycles. The number of benzene rings is 1. The Morgan fingerprint density at radius 2 is 1.92 bits per heavy atom. The maximum atomic E-state index is 5.90. The van der Waals surface area contributed by atoms with E-state index in [0.717, 1.165) is 39.8 Å². The van der Waals surface area contributed by atoms with E-state index < -0.39 is 0 Å². The zero-order chi connectivity index (χ0) is 17.1. The van der Waals surface area contributed by atoms with Crippen LogP contribution in [-0.2, 0) is 6.54 Å². The zero-order valence-corrected chi connectivity index (χ0v) is 17.3. The number of aryl methyl sites for hydroxylation is 2. The Morgan fingerprint density at radius 1 is 1.16 bits per heavy atom. The van der Waals surface area contributed by atoms with Gasteiger partial charge in [0.25, 0.3) is 0 Å². The molecule has 0 bridgehead atoms. The quantitative estimate of drug-likeness (QED) is 0.342. The van der Waals surface area contributed by atoms with Gasteiger partial charge in [-0.2, -0.15) is 0 Å². The minimum Gasteiger partial charge on any atom is -0.466 e. The van der Waals surface area contributed by atoms with Crippen LogP contribution in [0, 0.1) is 13.8 Å². The second-order valence-corrected chi connectivity index (χ2v) is 5.92. The molecule has 1 atom stereocenters. The molecule has 6 heteroatoms. The Morgan fingerprint density at radius 3 is 2.56 bits per heavy atom. The number of fused-ring (bicyclic) bond motifs is 1. The van der Waals surface area contributed by atoms with E-state index in [2.05, 4.69) is 28.6 Å². The molecule has 0 aliphatic rings. The molecular formula is C19H24IN3O2. The smallest absolute Gasteiger partial charge is 0.191 e. The minimum absolute atomic E-state index is 0. The third-order valence-electron chi connectivity index (χ3n) is 4.04. The second kappa shape index (κ2) is 8.42. The van der Waals surface area contributed by atoms with Crippen molar-refractivity contribution in [2.24, 2.45) is 4.99 Å². The second-order valence-electron chi connectivity index (χ2n) is 5.92. The Balaban J connectivity index is 0.00000225. The highest BCUT2D eigenvalue weighted by atomic mass is 127. The van der Waals surface area contributed by atoms with Crippen LogP contribution in [0.4, 0.5) is 0 Å². The number of halogens is 1. The van der Waals surface area contributed by atoms with Crippen molar-refractivity contribution in [1.82, 2.24) is 10.6 Å². The molecule has 25 heavy (non-hydrogen) atoms. The van der Waals surface area contributed by atoms with Crippen molar-refractivity contribution in [2.45, 2.75) is 33.4 Å². The number of aliphatic imine (C=N–C) groups is 1. The molecule has 0 saturated heterocycles. The van der Waals surface area contributed by atoms with Crippen molar-refractivity contribution in [3.05, 3.63) is 59.2 Å². The minimum atomic E-state index is 0. The van der Waals surface area contributed by atoms with E-state index in [1.807, 2.05) is 44.2 Å².